The minimum atomic E-state index is -0.467. The number of hydrazone groups is 1. The quantitative estimate of drug-likeness (QED) is 0.431. The molecule has 0 saturated heterocycles. The van der Waals surface area contributed by atoms with Gasteiger partial charge in [0.05, 0.1) is 25.6 Å². The van der Waals surface area contributed by atoms with Crippen LogP contribution in [0, 0.1) is 0 Å². The SMILES string of the molecule is CCOc1cccc(/C=N\NC(=O)c2cc(-c3ccccc3OC)n[nH]2)c1O. The van der Waals surface area contributed by atoms with Crippen LogP contribution in [-0.4, -0.2) is 41.1 Å². The first-order chi connectivity index (χ1) is 13.6. The Labute approximate surface area is 161 Å². The number of aromatic amines is 1. The number of ether oxygens (including phenoxy) is 2. The number of carbonyl (C=O) groups is 1. The van der Waals surface area contributed by atoms with E-state index in [1.807, 2.05) is 31.2 Å². The summed E-state index contributed by atoms with van der Waals surface area (Å²) in [5.74, 6) is 0.504. The second-order valence-electron chi connectivity index (χ2n) is 5.69. The van der Waals surface area contributed by atoms with Crippen LogP contribution in [0.2, 0.25) is 0 Å². The Morgan fingerprint density at radius 1 is 1.25 bits per heavy atom. The number of aromatic hydroxyl groups is 1. The number of amides is 1. The number of phenols is 1. The first-order valence-corrected chi connectivity index (χ1v) is 8.61. The molecule has 3 N–H and O–H groups in total. The fourth-order valence-electron chi connectivity index (χ4n) is 2.57. The molecule has 3 aromatic rings. The molecule has 144 valence electrons. The topological polar surface area (TPSA) is 109 Å². The Morgan fingerprint density at radius 2 is 2.04 bits per heavy atom. The lowest BCUT2D eigenvalue weighted by atomic mass is 10.1. The van der Waals surface area contributed by atoms with Crippen LogP contribution in [-0.2, 0) is 0 Å². The zero-order valence-electron chi connectivity index (χ0n) is 15.5. The van der Waals surface area contributed by atoms with Crippen LogP contribution in [0.15, 0.2) is 53.6 Å². The number of methoxy groups -OCH3 is 1. The number of hydrogen-bond acceptors (Lipinski definition) is 6. The summed E-state index contributed by atoms with van der Waals surface area (Å²) in [6.45, 7) is 2.25. The summed E-state index contributed by atoms with van der Waals surface area (Å²) in [7, 11) is 1.57. The number of hydrogen-bond donors (Lipinski definition) is 3. The van der Waals surface area contributed by atoms with Gasteiger partial charge in [-0.1, -0.05) is 18.2 Å². The Balaban J connectivity index is 1.70. The van der Waals surface area contributed by atoms with E-state index in [-0.39, 0.29) is 11.4 Å². The van der Waals surface area contributed by atoms with Crippen molar-refractivity contribution in [2.24, 2.45) is 5.10 Å². The average Bonchev–Trinajstić information content (AvgIpc) is 3.21. The predicted octanol–water partition coefficient (Wildman–Crippen LogP) is 2.95. The summed E-state index contributed by atoms with van der Waals surface area (Å²) >= 11 is 0. The van der Waals surface area contributed by atoms with Crippen molar-refractivity contribution in [3.63, 3.8) is 0 Å². The summed E-state index contributed by atoms with van der Waals surface area (Å²) in [6, 6.07) is 14.0. The van der Waals surface area contributed by atoms with E-state index < -0.39 is 5.91 Å². The standard InChI is InChI=1S/C20H20N4O4/c1-3-28-18-10-6-7-13(19(18)25)12-21-24-20(26)16-11-15(22-23-16)14-8-4-5-9-17(14)27-2/h4-12,25H,3H2,1-2H3,(H,22,23)(H,24,26)/b21-12-. The lowest BCUT2D eigenvalue weighted by Crippen LogP contribution is -2.18. The van der Waals surface area contributed by atoms with Crippen molar-refractivity contribution in [2.75, 3.05) is 13.7 Å². The second kappa shape index (κ2) is 8.72. The molecule has 2 aromatic carbocycles. The van der Waals surface area contributed by atoms with Crippen molar-refractivity contribution in [2.45, 2.75) is 6.92 Å². The van der Waals surface area contributed by atoms with E-state index in [1.54, 1.807) is 31.4 Å². The Kier molecular flexibility index (Phi) is 5.91. The number of phenolic OH excluding ortho intramolecular Hbond substituents is 1. The molecule has 0 bridgehead atoms. The molecule has 0 atom stereocenters. The van der Waals surface area contributed by atoms with Crippen molar-refractivity contribution in [3.8, 4) is 28.5 Å². The van der Waals surface area contributed by atoms with Gasteiger partial charge in [-0.15, -0.1) is 0 Å². The fourth-order valence-corrected chi connectivity index (χ4v) is 2.57. The van der Waals surface area contributed by atoms with Gasteiger partial charge in [0, 0.05) is 11.1 Å². The van der Waals surface area contributed by atoms with Crippen LogP contribution < -0.4 is 14.9 Å². The lowest BCUT2D eigenvalue weighted by Gasteiger charge is -2.07. The maximum Gasteiger partial charge on any atom is 0.289 e. The zero-order valence-corrected chi connectivity index (χ0v) is 15.5. The molecule has 0 saturated carbocycles. The molecule has 1 heterocycles. The van der Waals surface area contributed by atoms with Gasteiger partial charge in [0.1, 0.15) is 11.4 Å². The normalized spacial score (nSPS) is 10.8. The van der Waals surface area contributed by atoms with Gasteiger partial charge in [0.15, 0.2) is 11.5 Å². The van der Waals surface area contributed by atoms with E-state index in [2.05, 4.69) is 20.7 Å². The largest absolute Gasteiger partial charge is 0.504 e. The summed E-state index contributed by atoms with van der Waals surface area (Å²) in [6.07, 6.45) is 1.34. The first-order valence-electron chi connectivity index (χ1n) is 8.61. The van der Waals surface area contributed by atoms with Gasteiger partial charge in [0.25, 0.3) is 5.91 Å². The third-order valence-corrected chi connectivity index (χ3v) is 3.91. The highest BCUT2D eigenvalue weighted by Crippen LogP contribution is 2.29. The molecule has 0 aliphatic carbocycles. The average molecular weight is 380 g/mol. The van der Waals surface area contributed by atoms with Crippen LogP contribution in [0.25, 0.3) is 11.3 Å². The van der Waals surface area contributed by atoms with Gasteiger partial charge >= 0.3 is 0 Å². The number of H-pyrrole nitrogens is 1. The number of nitrogens with zero attached hydrogens (tertiary/aromatic N) is 2. The van der Waals surface area contributed by atoms with Crippen LogP contribution >= 0.6 is 0 Å². The van der Waals surface area contributed by atoms with Gasteiger partial charge in [-0.05, 0) is 37.3 Å². The third kappa shape index (κ3) is 4.12. The van der Waals surface area contributed by atoms with Gasteiger partial charge in [-0.25, -0.2) is 5.43 Å². The Hall–Kier alpha value is -3.81. The van der Waals surface area contributed by atoms with Gasteiger partial charge in [-0.3, -0.25) is 9.89 Å². The minimum absolute atomic E-state index is 0.0395. The number of para-hydroxylation sites is 2. The summed E-state index contributed by atoms with van der Waals surface area (Å²) in [5, 5.41) is 20.8. The van der Waals surface area contributed by atoms with Crippen LogP contribution in [0.3, 0.4) is 0 Å². The van der Waals surface area contributed by atoms with Crippen molar-refractivity contribution < 1.29 is 19.4 Å². The number of nitrogens with one attached hydrogen (secondary N) is 2. The molecule has 1 amide bonds. The molecule has 0 fully saturated rings. The summed E-state index contributed by atoms with van der Waals surface area (Å²) in [4.78, 5) is 12.3. The highest BCUT2D eigenvalue weighted by Gasteiger charge is 2.13. The van der Waals surface area contributed by atoms with E-state index in [0.717, 1.165) is 5.56 Å². The molecule has 0 unspecified atom stereocenters. The lowest BCUT2D eigenvalue weighted by molar-refractivity contribution is 0.0950. The predicted molar refractivity (Wildman–Crippen MR) is 105 cm³/mol. The fraction of sp³-hybridized carbons (Fsp3) is 0.150. The van der Waals surface area contributed by atoms with Crippen molar-refractivity contribution >= 4 is 12.1 Å². The van der Waals surface area contributed by atoms with E-state index in [9.17, 15) is 9.90 Å². The highest BCUT2D eigenvalue weighted by molar-refractivity contribution is 5.94. The Morgan fingerprint density at radius 3 is 2.82 bits per heavy atom. The number of rotatable bonds is 7. The van der Waals surface area contributed by atoms with Crippen molar-refractivity contribution in [3.05, 3.63) is 59.8 Å². The van der Waals surface area contributed by atoms with Crippen LogP contribution in [0.5, 0.6) is 17.2 Å². The molecular weight excluding hydrogens is 360 g/mol. The minimum Gasteiger partial charge on any atom is -0.504 e. The smallest absolute Gasteiger partial charge is 0.289 e. The van der Waals surface area contributed by atoms with Crippen LogP contribution in [0.4, 0.5) is 0 Å². The van der Waals surface area contributed by atoms with E-state index in [1.165, 1.54) is 6.21 Å². The van der Waals surface area contributed by atoms with Gasteiger partial charge in [-0.2, -0.15) is 10.2 Å². The van der Waals surface area contributed by atoms with Gasteiger partial charge < -0.3 is 14.6 Å². The summed E-state index contributed by atoms with van der Waals surface area (Å²) < 4.78 is 10.6. The van der Waals surface area contributed by atoms with E-state index in [4.69, 9.17) is 9.47 Å². The molecule has 8 heteroatoms. The Bertz CT molecular complexity index is 997. The summed E-state index contributed by atoms with van der Waals surface area (Å²) in [5.41, 5.74) is 4.40. The monoisotopic (exact) mass is 380 g/mol. The highest BCUT2D eigenvalue weighted by atomic mass is 16.5. The molecule has 8 nitrogen and oxygen atoms in total. The maximum atomic E-state index is 12.3. The molecule has 0 radical (unpaired) electrons. The van der Waals surface area contributed by atoms with E-state index in [0.29, 0.717) is 29.4 Å². The van der Waals surface area contributed by atoms with Gasteiger partial charge in [0.2, 0.25) is 0 Å². The second-order valence-corrected chi connectivity index (χ2v) is 5.69. The van der Waals surface area contributed by atoms with Crippen molar-refractivity contribution in [1.29, 1.82) is 0 Å². The maximum absolute atomic E-state index is 12.3. The third-order valence-electron chi connectivity index (χ3n) is 3.91. The molecule has 1 aromatic heterocycles. The zero-order chi connectivity index (χ0) is 19.9. The molecule has 28 heavy (non-hydrogen) atoms. The first kappa shape index (κ1) is 19.0. The molecule has 3 rings (SSSR count). The molecule has 0 aliphatic heterocycles. The number of benzene rings is 2. The number of carbonyl (C=O) groups excluding carboxylic acids is 1. The molecule has 0 spiro atoms. The van der Waals surface area contributed by atoms with E-state index >= 15 is 0 Å². The van der Waals surface area contributed by atoms with Crippen LogP contribution in [0.1, 0.15) is 23.0 Å². The molecule has 0 aliphatic rings. The molecular formula is C20H20N4O4. The van der Waals surface area contributed by atoms with Crippen molar-refractivity contribution in [1.82, 2.24) is 15.6 Å². The number of aromatic nitrogens is 2.